The van der Waals surface area contributed by atoms with Gasteiger partial charge in [-0.3, -0.25) is 0 Å². The van der Waals surface area contributed by atoms with Gasteiger partial charge in [0.05, 0.1) is 22.7 Å². The third-order valence-electron chi connectivity index (χ3n) is 4.76. The maximum absolute atomic E-state index is 12.9. The predicted octanol–water partition coefficient (Wildman–Crippen LogP) is 5.20. The molecule has 0 aliphatic carbocycles. The minimum atomic E-state index is -3.70. The van der Waals surface area contributed by atoms with Crippen LogP contribution in [-0.4, -0.2) is 20.0 Å². The second kappa shape index (κ2) is 9.92. The Labute approximate surface area is 188 Å². The maximum atomic E-state index is 12.9. The number of aromatic nitrogens is 1. The van der Waals surface area contributed by atoms with E-state index in [4.69, 9.17) is 4.74 Å². The average Bonchev–Trinajstić information content (AvgIpc) is 2.78. The Morgan fingerprint density at radius 2 is 1.68 bits per heavy atom. The summed E-state index contributed by atoms with van der Waals surface area (Å²) in [6.45, 7) is 2.56. The highest BCUT2D eigenvalue weighted by molar-refractivity contribution is 7.89. The predicted molar refractivity (Wildman–Crippen MR) is 126 cm³/mol. The highest BCUT2D eigenvalue weighted by Gasteiger charge is 2.16. The first-order valence-corrected chi connectivity index (χ1v) is 11.2. The molecule has 1 heterocycles. The van der Waals surface area contributed by atoms with E-state index in [2.05, 4.69) is 9.71 Å². The lowest BCUT2D eigenvalue weighted by Crippen LogP contribution is -2.23. The fourth-order valence-electron chi connectivity index (χ4n) is 3.25. The number of sulfonamides is 1. The molecule has 0 fully saturated rings. The van der Waals surface area contributed by atoms with Gasteiger partial charge in [-0.1, -0.05) is 54.6 Å². The largest absolute Gasteiger partial charge is 0.494 e. The molecule has 0 unspecified atom stereocenters. The number of pyridine rings is 1. The van der Waals surface area contributed by atoms with Gasteiger partial charge >= 0.3 is 0 Å². The Hall–Kier alpha value is -2.93. The average molecular weight is 455 g/mol. The summed E-state index contributed by atoms with van der Waals surface area (Å²) < 4.78 is 34.0. The summed E-state index contributed by atoms with van der Waals surface area (Å²) in [5.41, 5.74) is 3.13. The van der Waals surface area contributed by atoms with Crippen LogP contribution in [0.5, 0.6) is 5.75 Å². The van der Waals surface area contributed by atoms with Crippen LogP contribution in [0.25, 0.3) is 22.2 Å². The molecule has 4 rings (SSSR count). The Balaban J connectivity index is 0.00000272. The van der Waals surface area contributed by atoms with Crippen LogP contribution >= 0.6 is 12.4 Å². The number of rotatable bonds is 7. The monoisotopic (exact) mass is 454 g/mol. The van der Waals surface area contributed by atoms with E-state index >= 15 is 0 Å². The Morgan fingerprint density at radius 3 is 2.52 bits per heavy atom. The lowest BCUT2D eigenvalue weighted by Gasteiger charge is -2.12. The molecule has 0 aliphatic rings. The highest BCUT2D eigenvalue weighted by Crippen LogP contribution is 2.24. The Bertz CT molecular complexity index is 1290. The van der Waals surface area contributed by atoms with Crippen molar-refractivity contribution in [2.75, 3.05) is 6.61 Å². The zero-order valence-corrected chi connectivity index (χ0v) is 18.6. The van der Waals surface area contributed by atoms with Gasteiger partial charge in [-0.2, -0.15) is 0 Å². The standard InChI is InChI=1S/C24H22N2O3S.ClH/c1-2-29-24-13-6-4-9-20(24)17-25-30(27,28)21-11-7-10-19(16-21)23-15-14-18-8-3-5-12-22(18)26-23;/h3-16,25H,2,17H2,1H3;1H. The Morgan fingerprint density at radius 1 is 0.903 bits per heavy atom. The van der Waals surface area contributed by atoms with Gasteiger partial charge in [0.15, 0.2) is 0 Å². The molecule has 160 valence electrons. The van der Waals surface area contributed by atoms with E-state index in [0.717, 1.165) is 27.7 Å². The van der Waals surface area contributed by atoms with Crippen molar-refractivity contribution in [1.29, 1.82) is 0 Å². The number of halogens is 1. The molecule has 0 saturated carbocycles. The van der Waals surface area contributed by atoms with Gasteiger partial charge in [0.25, 0.3) is 0 Å². The van der Waals surface area contributed by atoms with E-state index in [9.17, 15) is 8.42 Å². The van der Waals surface area contributed by atoms with Gasteiger partial charge in [-0.25, -0.2) is 18.1 Å². The van der Waals surface area contributed by atoms with Gasteiger partial charge in [0, 0.05) is 23.1 Å². The lowest BCUT2D eigenvalue weighted by molar-refractivity contribution is 0.336. The number of fused-ring (bicyclic) bond motifs is 1. The van der Waals surface area contributed by atoms with E-state index in [1.165, 1.54) is 0 Å². The summed E-state index contributed by atoms with van der Waals surface area (Å²) >= 11 is 0. The minimum absolute atomic E-state index is 0. The van der Waals surface area contributed by atoms with Gasteiger partial charge in [-0.15, -0.1) is 12.4 Å². The summed E-state index contributed by atoms with van der Waals surface area (Å²) in [6, 6.07) is 26.0. The smallest absolute Gasteiger partial charge is 0.240 e. The molecular weight excluding hydrogens is 432 g/mol. The van der Waals surface area contributed by atoms with E-state index in [1.807, 2.05) is 73.7 Å². The molecule has 0 saturated heterocycles. The SMILES string of the molecule is CCOc1ccccc1CNS(=O)(=O)c1cccc(-c2ccc3ccccc3n2)c1.Cl. The zero-order valence-electron chi connectivity index (χ0n) is 17.0. The molecule has 31 heavy (non-hydrogen) atoms. The number of benzene rings is 3. The van der Waals surface area contributed by atoms with Crippen molar-refractivity contribution in [2.24, 2.45) is 0 Å². The van der Waals surface area contributed by atoms with Gasteiger partial charge in [0.1, 0.15) is 5.75 Å². The second-order valence-electron chi connectivity index (χ2n) is 6.78. The third kappa shape index (κ3) is 5.22. The number of nitrogens with zero attached hydrogens (tertiary/aromatic N) is 1. The highest BCUT2D eigenvalue weighted by atomic mass is 35.5. The summed E-state index contributed by atoms with van der Waals surface area (Å²) in [7, 11) is -3.70. The molecule has 0 amide bonds. The van der Waals surface area contributed by atoms with Crippen LogP contribution in [0.4, 0.5) is 0 Å². The number of para-hydroxylation sites is 2. The normalized spacial score (nSPS) is 11.1. The van der Waals surface area contributed by atoms with Gasteiger partial charge in [0.2, 0.25) is 10.0 Å². The minimum Gasteiger partial charge on any atom is -0.494 e. The summed E-state index contributed by atoms with van der Waals surface area (Å²) in [5.74, 6) is 0.678. The van der Waals surface area contributed by atoms with Crippen LogP contribution in [0.1, 0.15) is 12.5 Å². The van der Waals surface area contributed by atoms with Crippen LogP contribution in [0.3, 0.4) is 0 Å². The zero-order chi connectivity index (χ0) is 21.0. The van der Waals surface area contributed by atoms with Crippen molar-refractivity contribution in [3.63, 3.8) is 0 Å². The molecule has 1 aromatic heterocycles. The fourth-order valence-corrected chi connectivity index (χ4v) is 4.30. The molecule has 7 heteroatoms. The van der Waals surface area contributed by atoms with E-state index < -0.39 is 10.0 Å². The Kier molecular flexibility index (Phi) is 7.28. The molecule has 1 N–H and O–H groups in total. The van der Waals surface area contributed by atoms with Crippen molar-refractivity contribution >= 4 is 33.3 Å². The van der Waals surface area contributed by atoms with Crippen LogP contribution in [0.2, 0.25) is 0 Å². The number of nitrogens with one attached hydrogen (secondary N) is 1. The molecule has 4 aromatic rings. The van der Waals surface area contributed by atoms with E-state index in [1.54, 1.807) is 18.2 Å². The first kappa shape index (κ1) is 22.7. The molecule has 0 atom stereocenters. The van der Waals surface area contributed by atoms with Gasteiger partial charge in [-0.05, 0) is 37.3 Å². The number of hydrogen-bond acceptors (Lipinski definition) is 4. The summed E-state index contributed by atoms with van der Waals surface area (Å²) in [4.78, 5) is 4.86. The number of hydrogen-bond donors (Lipinski definition) is 1. The van der Waals surface area contributed by atoms with Crippen LogP contribution in [0, 0.1) is 0 Å². The van der Waals surface area contributed by atoms with Crippen molar-refractivity contribution in [1.82, 2.24) is 9.71 Å². The van der Waals surface area contributed by atoms with Crippen molar-refractivity contribution in [3.8, 4) is 17.0 Å². The summed E-state index contributed by atoms with van der Waals surface area (Å²) in [5, 5.41) is 1.04. The third-order valence-corrected chi connectivity index (χ3v) is 6.16. The molecule has 5 nitrogen and oxygen atoms in total. The molecular formula is C24H23ClN2O3S. The molecule has 0 radical (unpaired) electrons. The second-order valence-corrected chi connectivity index (χ2v) is 8.55. The van der Waals surface area contributed by atoms with Crippen molar-refractivity contribution in [2.45, 2.75) is 18.4 Å². The van der Waals surface area contributed by atoms with Crippen LogP contribution in [-0.2, 0) is 16.6 Å². The van der Waals surface area contributed by atoms with Crippen LogP contribution in [0.15, 0.2) is 89.8 Å². The maximum Gasteiger partial charge on any atom is 0.240 e. The van der Waals surface area contributed by atoms with E-state index in [-0.39, 0.29) is 23.8 Å². The molecule has 0 aliphatic heterocycles. The van der Waals surface area contributed by atoms with Crippen molar-refractivity contribution < 1.29 is 13.2 Å². The summed E-state index contributed by atoms with van der Waals surface area (Å²) in [6.07, 6.45) is 0. The van der Waals surface area contributed by atoms with Gasteiger partial charge < -0.3 is 4.74 Å². The number of ether oxygens (including phenoxy) is 1. The van der Waals surface area contributed by atoms with Crippen molar-refractivity contribution in [3.05, 3.63) is 90.5 Å². The molecule has 0 bridgehead atoms. The first-order valence-electron chi connectivity index (χ1n) is 9.73. The molecule has 3 aromatic carbocycles. The lowest BCUT2D eigenvalue weighted by atomic mass is 10.1. The molecule has 0 spiro atoms. The van der Waals surface area contributed by atoms with Crippen LogP contribution < -0.4 is 9.46 Å². The fraction of sp³-hybridized carbons (Fsp3) is 0.125. The first-order chi connectivity index (χ1) is 14.6. The van der Waals surface area contributed by atoms with E-state index in [0.29, 0.717) is 12.4 Å². The quantitative estimate of drug-likeness (QED) is 0.416. The topological polar surface area (TPSA) is 68.3 Å².